The molecule has 0 radical (unpaired) electrons. The Morgan fingerprint density at radius 3 is 2.38 bits per heavy atom. The number of ketones is 1. The molecule has 0 aliphatic heterocycles. The molecule has 0 aromatic heterocycles. The maximum absolute atomic E-state index is 13.0. The fourth-order valence-electron chi connectivity index (χ4n) is 2.22. The molecule has 1 aliphatic rings. The molecule has 0 saturated heterocycles. The summed E-state index contributed by atoms with van der Waals surface area (Å²) < 4.78 is 26.1. The fraction of sp³-hybridized carbons (Fsp3) is 0.462. The summed E-state index contributed by atoms with van der Waals surface area (Å²) in [4.78, 5) is 11.1. The van der Waals surface area contributed by atoms with E-state index in [4.69, 9.17) is 0 Å². The number of halogens is 2. The van der Waals surface area contributed by atoms with Crippen LogP contribution in [0, 0.1) is 0 Å². The van der Waals surface area contributed by atoms with E-state index in [2.05, 4.69) is 0 Å². The summed E-state index contributed by atoms with van der Waals surface area (Å²) in [5, 5.41) is 0. The van der Waals surface area contributed by atoms with Gasteiger partial charge in [-0.05, 0) is 24.8 Å². The lowest BCUT2D eigenvalue weighted by molar-refractivity contribution is 0.00776. The van der Waals surface area contributed by atoms with Gasteiger partial charge in [0.05, 0.1) is 0 Å². The Balaban J connectivity index is 2.14. The van der Waals surface area contributed by atoms with Gasteiger partial charge >= 0.3 is 0 Å². The van der Waals surface area contributed by atoms with Crippen LogP contribution in [0.3, 0.4) is 0 Å². The summed E-state index contributed by atoms with van der Waals surface area (Å²) in [6.45, 7) is 1.50. The maximum atomic E-state index is 13.0. The Labute approximate surface area is 93.5 Å². The highest BCUT2D eigenvalue weighted by atomic mass is 19.3. The predicted molar refractivity (Wildman–Crippen MR) is 58.0 cm³/mol. The Morgan fingerprint density at radius 2 is 1.94 bits per heavy atom. The average Bonchev–Trinajstić information content (AvgIpc) is 2.59. The van der Waals surface area contributed by atoms with E-state index in [0.29, 0.717) is 12.0 Å². The first-order valence-corrected chi connectivity index (χ1v) is 5.47. The zero-order valence-corrected chi connectivity index (χ0v) is 9.17. The third-order valence-corrected chi connectivity index (χ3v) is 3.19. The Kier molecular flexibility index (Phi) is 2.78. The van der Waals surface area contributed by atoms with Crippen LogP contribution in [0.25, 0.3) is 0 Å². The molecule has 1 aliphatic carbocycles. The molecule has 2 rings (SSSR count). The van der Waals surface area contributed by atoms with Crippen LogP contribution < -0.4 is 0 Å². The molecule has 3 heteroatoms. The van der Waals surface area contributed by atoms with E-state index >= 15 is 0 Å². The second-order valence-electron chi connectivity index (χ2n) is 4.47. The first-order chi connectivity index (χ1) is 7.48. The van der Waals surface area contributed by atoms with Crippen LogP contribution in [0.2, 0.25) is 0 Å². The van der Waals surface area contributed by atoms with E-state index in [9.17, 15) is 13.6 Å². The van der Waals surface area contributed by atoms with Crippen LogP contribution in [0.5, 0.6) is 0 Å². The van der Waals surface area contributed by atoms with Crippen LogP contribution in [-0.4, -0.2) is 11.7 Å². The van der Waals surface area contributed by atoms with E-state index in [1.807, 2.05) is 0 Å². The predicted octanol–water partition coefficient (Wildman–Crippen LogP) is 3.79. The van der Waals surface area contributed by atoms with Gasteiger partial charge in [0.25, 0.3) is 0 Å². The van der Waals surface area contributed by atoms with Crippen molar-refractivity contribution in [3.63, 3.8) is 0 Å². The maximum Gasteiger partial charge on any atom is 0.248 e. The largest absolute Gasteiger partial charge is 0.295 e. The standard InChI is InChI=1S/C13H14F2O/c1-9(16)10-2-4-11(5-3-10)12-6-7-13(14,15)8-12/h2-5,12H,6-8H2,1H3. The third kappa shape index (κ3) is 2.29. The molecular weight excluding hydrogens is 210 g/mol. The van der Waals surface area contributed by atoms with Crippen molar-refractivity contribution in [2.24, 2.45) is 0 Å². The molecule has 1 aromatic carbocycles. The number of carbonyl (C=O) groups is 1. The lowest BCUT2D eigenvalue weighted by Crippen LogP contribution is -2.09. The number of alkyl halides is 2. The molecule has 0 amide bonds. The average molecular weight is 224 g/mol. The van der Waals surface area contributed by atoms with Crippen molar-refractivity contribution in [1.29, 1.82) is 0 Å². The number of benzene rings is 1. The summed E-state index contributed by atoms with van der Waals surface area (Å²) in [6, 6.07) is 7.02. The highest BCUT2D eigenvalue weighted by Gasteiger charge is 2.39. The Bertz CT molecular complexity index is 395. The highest BCUT2D eigenvalue weighted by Crippen LogP contribution is 2.44. The van der Waals surface area contributed by atoms with Crippen LogP contribution in [0.1, 0.15) is 48.0 Å². The van der Waals surface area contributed by atoms with Gasteiger partial charge in [0.2, 0.25) is 5.92 Å². The second-order valence-corrected chi connectivity index (χ2v) is 4.47. The van der Waals surface area contributed by atoms with E-state index in [-0.39, 0.29) is 24.5 Å². The molecule has 0 heterocycles. The molecular formula is C13H14F2O. The van der Waals surface area contributed by atoms with Crippen molar-refractivity contribution in [3.05, 3.63) is 35.4 Å². The van der Waals surface area contributed by atoms with Crippen LogP contribution in [0.4, 0.5) is 8.78 Å². The van der Waals surface area contributed by atoms with Crippen LogP contribution >= 0.6 is 0 Å². The monoisotopic (exact) mass is 224 g/mol. The minimum Gasteiger partial charge on any atom is -0.295 e. The van der Waals surface area contributed by atoms with Gasteiger partial charge in [-0.25, -0.2) is 8.78 Å². The number of carbonyl (C=O) groups excluding carboxylic acids is 1. The van der Waals surface area contributed by atoms with Crippen molar-refractivity contribution in [2.45, 2.75) is 38.0 Å². The molecule has 1 atom stereocenters. The SMILES string of the molecule is CC(=O)c1ccc(C2CCC(F)(F)C2)cc1. The van der Waals surface area contributed by atoms with Crippen molar-refractivity contribution < 1.29 is 13.6 Å². The molecule has 0 spiro atoms. The Hall–Kier alpha value is -1.25. The topological polar surface area (TPSA) is 17.1 Å². The van der Waals surface area contributed by atoms with Gasteiger partial charge in [-0.3, -0.25) is 4.79 Å². The second kappa shape index (κ2) is 3.96. The quantitative estimate of drug-likeness (QED) is 0.698. The number of hydrogen-bond donors (Lipinski definition) is 0. The minimum atomic E-state index is -2.51. The summed E-state index contributed by atoms with van der Waals surface area (Å²) in [7, 11) is 0. The van der Waals surface area contributed by atoms with E-state index in [0.717, 1.165) is 5.56 Å². The van der Waals surface area contributed by atoms with Gasteiger partial charge in [-0.15, -0.1) is 0 Å². The van der Waals surface area contributed by atoms with Gasteiger partial charge < -0.3 is 0 Å². The van der Waals surface area contributed by atoms with Crippen LogP contribution in [-0.2, 0) is 0 Å². The molecule has 1 fully saturated rings. The molecule has 1 saturated carbocycles. The zero-order valence-electron chi connectivity index (χ0n) is 9.17. The van der Waals surface area contributed by atoms with Crippen molar-refractivity contribution in [1.82, 2.24) is 0 Å². The van der Waals surface area contributed by atoms with E-state index < -0.39 is 5.92 Å². The fourth-order valence-corrected chi connectivity index (χ4v) is 2.22. The molecule has 16 heavy (non-hydrogen) atoms. The normalized spacial score (nSPS) is 23.3. The summed E-state index contributed by atoms with van der Waals surface area (Å²) in [5.74, 6) is -2.57. The molecule has 1 aromatic rings. The van der Waals surface area contributed by atoms with Gasteiger partial charge in [0.15, 0.2) is 5.78 Å². The Morgan fingerprint density at radius 1 is 1.31 bits per heavy atom. The van der Waals surface area contributed by atoms with Crippen molar-refractivity contribution >= 4 is 5.78 Å². The van der Waals surface area contributed by atoms with E-state index in [1.54, 1.807) is 24.3 Å². The van der Waals surface area contributed by atoms with E-state index in [1.165, 1.54) is 6.92 Å². The van der Waals surface area contributed by atoms with Crippen LogP contribution in [0.15, 0.2) is 24.3 Å². The van der Waals surface area contributed by atoms with Crippen molar-refractivity contribution in [2.75, 3.05) is 0 Å². The number of hydrogen-bond acceptors (Lipinski definition) is 1. The van der Waals surface area contributed by atoms with Gasteiger partial charge in [0, 0.05) is 18.4 Å². The minimum absolute atomic E-state index is 0.00306. The molecule has 0 bridgehead atoms. The molecule has 1 unspecified atom stereocenters. The third-order valence-electron chi connectivity index (χ3n) is 3.19. The highest BCUT2D eigenvalue weighted by molar-refractivity contribution is 5.94. The van der Waals surface area contributed by atoms with Gasteiger partial charge in [0.1, 0.15) is 0 Å². The number of Topliss-reactive ketones (excluding diaryl/α,β-unsaturated/α-hetero) is 1. The molecule has 86 valence electrons. The zero-order chi connectivity index (χ0) is 11.8. The summed E-state index contributed by atoms with van der Waals surface area (Å²) in [6.07, 6.45) is 0.449. The van der Waals surface area contributed by atoms with Crippen molar-refractivity contribution in [3.8, 4) is 0 Å². The van der Waals surface area contributed by atoms with Gasteiger partial charge in [-0.1, -0.05) is 24.3 Å². The summed E-state index contributed by atoms with van der Waals surface area (Å²) in [5.41, 5.74) is 1.55. The first kappa shape index (κ1) is 11.2. The number of rotatable bonds is 2. The lowest BCUT2D eigenvalue weighted by atomic mass is 9.96. The molecule has 0 N–H and O–H groups in total. The molecule has 1 nitrogen and oxygen atoms in total. The lowest BCUT2D eigenvalue weighted by Gasteiger charge is -2.11. The summed E-state index contributed by atoms with van der Waals surface area (Å²) >= 11 is 0. The first-order valence-electron chi connectivity index (χ1n) is 5.47. The van der Waals surface area contributed by atoms with Gasteiger partial charge in [-0.2, -0.15) is 0 Å². The smallest absolute Gasteiger partial charge is 0.248 e.